The summed E-state index contributed by atoms with van der Waals surface area (Å²) < 4.78 is 26.7. The first-order chi connectivity index (χ1) is 8.66. The number of aliphatic carboxylic acids is 1. The van der Waals surface area contributed by atoms with Gasteiger partial charge in [0.1, 0.15) is 0 Å². The molecule has 0 amide bonds. The molecule has 2 atom stereocenters. The zero-order chi connectivity index (χ0) is 14.8. The third-order valence-electron chi connectivity index (χ3n) is 2.99. The number of nitrogens with one attached hydrogen (secondary N) is 1. The van der Waals surface area contributed by atoms with Gasteiger partial charge in [0, 0.05) is 11.1 Å². The maximum atomic E-state index is 12.2. The van der Waals surface area contributed by atoms with Gasteiger partial charge in [0.25, 0.3) is 0 Å². The van der Waals surface area contributed by atoms with Gasteiger partial charge in [-0.3, -0.25) is 4.79 Å². The van der Waals surface area contributed by atoms with E-state index in [4.69, 9.17) is 16.7 Å². The van der Waals surface area contributed by atoms with Crippen molar-refractivity contribution in [3.8, 4) is 0 Å². The average molecular weight is 306 g/mol. The summed E-state index contributed by atoms with van der Waals surface area (Å²) in [6.07, 6.45) is 0. The third kappa shape index (κ3) is 3.68. The highest BCUT2D eigenvalue weighted by molar-refractivity contribution is 7.89. The predicted molar refractivity (Wildman–Crippen MR) is 72.8 cm³/mol. The first-order valence-electron chi connectivity index (χ1n) is 5.67. The summed E-state index contributed by atoms with van der Waals surface area (Å²) in [5.74, 6) is -1.88. The van der Waals surface area contributed by atoms with Crippen LogP contribution in [0.25, 0.3) is 0 Å². The summed E-state index contributed by atoms with van der Waals surface area (Å²) in [6, 6.07) is 3.84. The van der Waals surface area contributed by atoms with E-state index < -0.39 is 28.0 Å². The molecule has 0 aliphatic heterocycles. The number of halogens is 1. The third-order valence-corrected chi connectivity index (χ3v) is 5.10. The minimum absolute atomic E-state index is 0.0597. The zero-order valence-corrected chi connectivity index (χ0v) is 12.4. The molecule has 1 aromatic carbocycles. The summed E-state index contributed by atoms with van der Waals surface area (Å²) in [7, 11) is -3.79. The highest BCUT2D eigenvalue weighted by Gasteiger charge is 2.26. The van der Waals surface area contributed by atoms with Gasteiger partial charge in [-0.25, -0.2) is 13.1 Å². The lowest BCUT2D eigenvalue weighted by atomic mass is 10.1. The van der Waals surface area contributed by atoms with Crippen LogP contribution in [0.15, 0.2) is 23.1 Å². The number of carboxylic acid groups (broad SMARTS) is 1. The number of hydrogen-bond acceptors (Lipinski definition) is 3. The molecule has 2 N–H and O–H groups in total. The number of rotatable bonds is 5. The number of carbonyl (C=O) groups is 1. The normalized spacial score (nSPS) is 14.9. The minimum atomic E-state index is -3.79. The molecule has 0 bridgehead atoms. The largest absolute Gasteiger partial charge is 0.481 e. The highest BCUT2D eigenvalue weighted by atomic mass is 35.5. The molecule has 7 heteroatoms. The van der Waals surface area contributed by atoms with E-state index in [1.54, 1.807) is 13.0 Å². The van der Waals surface area contributed by atoms with Crippen LogP contribution in [-0.2, 0) is 14.8 Å². The van der Waals surface area contributed by atoms with E-state index in [9.17, 15) is 13.2 Å². The van der Waals surface area contributed by atoms with Crippen molar-refractivity contribution in [1.29, 1.82) is 0 Å². The first-order valence-corrected chi connectivity index (χ1v) is 7.53. The van der Waals surface area contributed by atoms with Crippen molar-refractivity contribution in [2.45, 2.75) is 31.7 Å². The standard InChI is InChI=1S/C12H16ClNO4S/c1-7(12(15)16)9(3)14-19(17,18)11-6-4-5-10(13)8(11)2/h4-7,9,14H,1-3H3,(H,15,16). The van der Waals surface area contributed by atoms with Gasteiger partial charge in [-0.15, -0.1) is 0 Å². The van der Waals surface area contributed by atoms with Crippen molar-refractivity contribution in [2.75, 3.05) is 0 Å². The van der Waals surface area contributed by atoms with Gasteiger partial charge in [-0.2, -0.15) is 0 Å². The van der Waals surface area contributed by atoms with Crippen LogP contribution in [0.3, 0.4) is 0 Å². The summed E-state index contributed by atoms with van der Waals surface area (Å²) in [5, 5.41) is 9.21. The van der Waals surface area contributed by atoms with Gasteiger partial charge in [0.15, 0.2) is 0 Å². The molecule has 0 saturated heterocycles. The summed E-state index contributed by atoms with van der Waals surface area (Å²) >= 11 is 5.88. The van der Waals surface area contributed by atoms with E-state index >= 15 is 0 Å². The van der Waals surface area contributed by atoms with Gasteiger partial charge in [0.05, 0.1) is 10.8 Å². The highest BCUT2D eigenvalue weighted by Crippen LogP contribution is 2.23. The molecular formula is C12H16ClNO4S. The Morgan fingerprint density at radius 1 is 1.37 bits per heavy atom. The average Bonchev–Trinajstić information content (AvgIpc) is 2.30. The van der Waals surface area contributed by atoms with E-state index in [0.29, 0.717) is 10.6 Å². The van der Waals surface area contributed by atoms with E-state index in [2.05, 4.69) is 4.72 Å². The maximum absolute atomic E-state index is 12.2. The minimum Gasteiger partial charge on any atom is -0.481 e. The number of carboxylic acids is 1. The summed E-state index contributed by atoms with van der Waals surface area (Å²) in [6.45, 7) is 4.55. The Kier molecular flexibility index (Phi) is 4.95. The molecule has 5 nitrogen and oxygen atoms in total. The fourth-order valence-electron chi connectivity index (χ4n) is 1.50. The van der Waals surface area contributed by atoms with Crippen LogP contribution in [0.2, 0.25) is 5.02 Å². The lowest BCUT2D eigenvalue weighted by molar-refractivity contribution is -0.141. The molecule has 2 unspecified atom stereocenters. The Morgan fingerprint density at radius 3 is 2.47 bits per heavy atom. The van der Waals surface area contributed by atoms with Gasteiger partial charge < -0.3 is 5.11 Å². The fourth-order valence-corrected chi connectivity index (χ4v) is 3.32. The van der Waals surface area contributed by atoms with Crippen LogP contribution in [0.4, 0.5) is 0 Å². The lowest BCUT2D eigenvalue weighted by Gasteiger charge is -2.18. The van der Waals surface area contributed by atoms with Crippen molar-refractivity contribution >= 4 is 27.6 Å². The Bertz CT molecular complexity index is 585. The molecule has 0 heterocycles. The molecule has 0 fully saturated rings. The van der Waals surface area contributed by atoms with E-state index in [1.807, 2.05) is 0 Å². The van der Waals surface area contributed by atoms with Gasteiger partial charge >= 0.3 is 5.97 Å². The van der Waals surface area contributed by atoms with E-state index in [1.165, 1.54) is 26.0 Å². The van der Waals surface area contributed by atoms with Crippen LogP contribution in [0.5, 0.6) is 0 Å². The van der Waals surface area contributed by atoms with Crippen molar-refractivity contribution in [3.63, 3.8) is 0 Å². The molecule has 1 aromatic rings. The number of sulfonamides is 1. The molecule has 19 heavy (non-hydrogen) atoms. The van der Waals surface area contributed by atoms with Gasteiger partial charge in [-0.05, 0) is 31.5 Å². The molecule has 0 aliphatic rings. The van der Waals surface area contributed by atoms with Crippen LogP contribution in [-0.4, -0.2) is 25.5 Å². The molecule has 0 radical (unpaired) electrons. The Hall–Kier alpha value is -1.11. The van der Waals surface area contributed by atoms with Crippen LogP contribution in [0, 0.1) is 12.8 Å². The molecule has 0 saturated carbocycles. The van der Waals surface area contributed by atoms with Crippen LogP contribution >= 0.6 is 11.6 Å². The van der Waals surface area contributed by atoms with Crippen molar-refractivity contribution in [3.05, 3.63) is 28.8 Å². The number of hydrogen-bond donors (Lipinski definition) is 2. The number of benzene rings is 1. The van der Waals surface area contributed by atoms with Crippen molar-refractivity contribution < 1.29 is 18.3 Å². The molecule has 1 rings (SSSR count). The maximum Gasteiger partial charge on any atom is 0.307 e. The summed E-state index contributed by atoms with van der Waals surface area (Å²) in [4.78, 5) is 10.9. The molecule has 106 valence electrons. The predicted octanol–water partition coefficient (Wildman–Crippen LogP) is 2.04. The molecule has 0 spiro atoms. The Morgan fingerprint density at radius 2 is 1.95 bits per heavy atom. The van der Waals surface area contributed by atoms with Crippen molar-refractivity contribution in [1.82, 2.24) is 4.72 Å². The van der Waals surface area contributed by atoms with Crippen molar-refractivity contribution in [2.24, 2.45) is 5.92 Å². The van der Waals surface area contributed by atoms with Gasteiger partial charge in [0.2, 0.25) is 10.0 Å². The zero-order valence-electron chi connectivity index (χ0n) is 10.8. The van der Waals surface area contributed by atoms with Gasteiger partial charge in [-0.1, -0.05) is 24.6 Å². The Labute approximate surface area is 117 Å². The molecular weight excluding hydrogens is 290 g/mol. The summed E-state index contributed by atoms with van der Waals surface area (Å²) in [5.41, 5.74) is 0.437. The SMILES string of the molecule is Cc1c(Cl)cccc1S(=O)(=O)NC(C)C(C)C(=O)O. The molecule has 0 aliphatic carbocycles. The van der Waals surface area contributed by atoms with Crippen LogP contribution in [0.1, 0.15) is 19.4 Å². The van der Waals surface area contributed by atoms with E-state index in [0.717, 1.165) is 0 Å². The topological polar surface area (TPSA) is 83.5 Å². The second-order valence-corrected chi connectivity index (χ2v) is 6.49. The van der Waals surface area contributed by atoms with Crippen LogP contribution < -0.4 is 4.72 Å². The monoisotopic (exact) mass is 305 g/mol. The second kappa shape index (κ2) is 5.90. The first kappa shape index (κ1) is 15.9. The lowest BCUT2D eigenvalue weighted by Crippen LogP contribution is -2.40. The Balaban J connectivity index is 3.06. The quantitative estimate of drug-likeness (QED) is 0.872. The molecule has 0 aromatic heterocycles. The second-order valence-electron chi connectivity index (χ2n) is 4.40. The fraction of sp³-hybridized carbons (Fsp3) is 0.417. The van der Waals surface area contributed by atoms with E-state index in [-0.39, 0.29) is 4.90 Å². The smallest absolute Gasteiger partial charge is 0.307 e.